The van der Waals surface area contributed by atoms with E-state index in [0.717, 1.165) is 24.5 Å². The number of nitrogens with zero attached hydrogens (tertiary/aromatic N) is 2. The van der Waals surface area contributed by atoms with Crippen LogP contribution in [0.25, 0.3) is 0 Å². The molecule has 2 aromatic rings. The largest absolute Gasteiger partial charge is 0.319 e. The number of hydrogen-bond donors (Lipinski definition) is 1. The predicted octanol–water partition coefficient (Wildman–Crippen LogP) is 2.70. The van der Waals surface area contributed by atoms with Crippen LogP contribution in [-0.4, -0.2) is 31.5 Å². The summed E-state index contributed by atoms with van der Waals surface area (Å²) in [6.45, 7) is 1.76. The van der Waals surface area contributed by atoms with Gasteiger partial charge in [0.15, 0.2) is 0 Å². The van der Waals surface area contributed by atoms with Crippen molar-refractivity contribution in [3.05, 3.63) is 63.5 Å². The second kappa shape index (κ2) is 6.62. The zero-order valence-corrected chi connectivity index (χ0v) is 15.3. The molecule has 0 spiro atoms. The van der Waals surface area contributed by atoms with Crippen molar-refractivity contribution >= 4 is 33.0 Å². The summed E-state index contributed by atoms with van der Waals surface area (Å²) in [6.07, 6.45) is 1.55. The molecule has 1 unspecified atom stereocenters. The van der Waals surface area contributed by atoms with E-state index in [9.17, 15) is 27.7 Å². The number of carbonyl (C=O) groups excluding carboxylic acids is 1. The van der Waals surface area contributed by atoms with Crippen LogP contribution in [0.3, 0.4) is 0 Å². The number of anilines is 2. The fourth-order valence-corrected chi connectivity index (χ4v) is 4.43. The minimum absolute atomic E-state index is 0.196. The van der Waals surface area contributed by atoms with Gasteiger partial charge >= 0.3 is 0 Å². The maximum Gasteiger partial charge on any atom is 0.271 e. The van der Waals surface area contributed by atoms with Crippen molar-refractivity contribution in [2.75, 3.05) is 15.9 Å². The highest BCUT2D eigenvalue weighted by Gasteiger charge is 2.32. The molecule has 1 atom stereocenters. The van der Waals surface area contributed by atoms with Gasteiger partial charge < -0.3 is 5.32 Å². The van der Waals surface area contributed by atoms with Gasteiger partial charge in [-0.05, 0) is 43.2 Å². The summed E-state index contributed by atoms with van der Waals surface area (Å²) in [5.41, 5.74) is 0.726. The molecular weight excluding hydrogens is 377 g/mol. The number of non-ortho nitro benzene ring substituents is 1. The van der Waals surface area contributed by atoms with E-state index >= 15 is 0 Å². The quantitative estimate of drug-likeness (QED) is 0.634. The van der Waals surface area contributed by atoms with Crippen molar-refractivity contribution in [2.24, 2.45) is 0 Å². The number of benzene rings is 2. The average Bonchev–Trinajstić information content (AvgIpc) is 2.91. The van der Waals surface area contributed by atoms with E-state index in [0.29, 0.717) is 17.7 Å². The van der Waals surface area contributed by atoms with E-state index in [1.807, 2.05) is 0 Å². The lowest BCUT2D eigenvalue weighted by Gasteiger charge is -2.21. The Morgan fingerprint density at radius 1 is 1.30 bits per heavy atom. The number of carbonyl (C=O) groups is 1. The maximum atomic E-state index is 13.9. The van der Waals surface area contributed by atoms with Gasteiger partial charge in [-0.25, -0.2) is 12.8 Å². The predicted molar refractivity (Wildman–Crippen MR) is 97.9 cm³/mol. The standard InChI is InChI=1S/C17H16FN3O5S/c1-10-7-12-8-11(3-6-16(12)20(10)27(2,25)26)17(22)19-15-9-13(21(23)24)4-5-14(15)18/h3-6,8-10H,7H2,1-2H3,(H,19,22). The van der Waals surface area contributed by atoms with Gasteiger partial charge in [0.1, 0.15) is 5.82 Å². The van der Waals surface area contributed by atoms with Crippen LogP contribution in [0.1, 0.15) is 22.8 Å². The van der Waals surface area contributed by atoms with Crippen molar-refractivity contribution in [2.45, 2.75) is 19.4 Å². The molecule has 1 aliphatic rings. The SMILES string of the molecule is CC1Cc2cc(C(=O)Nc3cc([N+](=O)[O-])ccc3F)ccc2N1S(C)(=O)=O. The highest BCUT2D eigenvalue weighted by Crippen LogP contribution is 2.35. The molecule has 8 nitrogen and oxygen atoms in total. The normalized spacial score (nSPS) is 16.1. The molecule has 0 aromatic heterocycles. The van der Waals surface area contributed by atoms with Crippen molar-refractivity contribution < 1.29 is 22.5 Å². The van der Waals surface area contributed by atoms with E-state index in [1.165, 1.54) is 16.4 Å². The van der Waals surface area contributed by atoms with Crippen molar-refractivity contribution in [3.8, 4) is 0 Å². The molecule has 1 N–H and O–H groups in total. The summed E-state index contributed by atoms with van der Waals surface area (Å²) in [5.74, 6) is -1.45. The molecule has 1 aliphatic heterocycles. The van der Waals surface area contributed by atoms with Crippen LogP contribution in [0.15, 0.2) is 36.4 Å². The average molecular weight is 393 g/mol. The van der Waals surface area contributed by atoms with E-state index in [4.69, 9.17) is 0 Å². The van der Waals surface area contributed by atoms with Crippen LogP contribution in [-0.2, 0) is 16.4 Å². The Labute approximate surface area is 154 Å². The lowest BCUT2D eigenvalue weighted by molar-refractivity contribution is -0.384. The number of nitro groups is 1. The van der Waals surface area contributed by atoms with Gasteiger partial charge in [0.2, 0.25) is 10.0 Å². The molecule has 0 aliphatic carbocycles. The molecule has 0 radical (unpaired) electrons. The van der Waals surface area contributed by atoms with Gasteiger partial charge in [0, 0.05) is 23.7 Å². The third-order valence-corrected chi connectivity index (χ3v) is 5.53. The van der Waals surface area contributed by atoms with Crippen LogP contribution in [0.4, 0.5) is 21.5 Å². The van der Waals surface area contributed by atoms with Gasteiger partial charge in [-0.3, -0.25) is 19.2 Å². The summed E-state index contributed by atoms with van der Waals surface area (Å²) in [7, 11) is -3.45. The van der Waals surface area contributed by atoms with Crippen LogP contribution >= 0.6 is 0 Å². The number of hydrogen-bond acceptors (Lipinski definition) is 5. The first kappa shape index (κ1) is 18.8. The van der Waals surface area contributed by atoms with Crippen LogP contribution in [0, 0.1) is 15.9 Å². The number of fused-ring (bicyclic) bond motifs is 1. The minimum atomic E-state index is -3.45. The Kier molecular flexibility index (Phi) is 4.60. The number of amides is 1. The Hall–Kier alpha value is -3.01. The van der Waals surface area contributed by atoms with E-state index in [1.54, 1.807) is 13.0 Å². The Morgan fingerprint density at radius 3 is 2.63 bits per heavy atom. The van der Waals surface area contributed by atoms with Crippen LogP contribution in [0.5, 0.6) is 0 Å². The topological polar surface area (TPSA) is 110 Å². The van der Waals surface area contributed by atoms with E-state index in [-0.39, 0.29) is 23.0 Å². The minimum Gasteiger partial charge on any atom is -0.319 e. The first-order valence-corrected chi connectivity index (χ1v) is 9.80. The monoisotopic (exact) mass is 393 g/mol. The van der Waals surface area contributed by atoms with Crippen molar-refractivity contribution in [3.63, 3.8) is 0 Å². The maximum absolute atomic E-state index is 13.9. The lowest BCUT2D eigenvalue weighted by Crippen LogP contribution is -2.34. The van der Waals surface area contributed by atoms with Gasteiger partial charge in [-0.2, -0.15) is 0 Å². The molecule has 2 aromatic carbocycles. The molecule has 10 heteroatoms. The molecular formula is C17H16FN3O5S. The summed E-state index contributed by atoms with van der Waals surface area (Å²) >= 11 is 0. The first-order valence-electron chi connectivity index (χ1n) is 7.95. The Morgan fingerprint density at radius 2 is 2.00 bits per heavy atom. The van der Waals surface area contributed by atoms with Gasteiger partial charge in [0.25, 0.3) is 11.6 Å². The molecule has 3 rings (SSSR count). The number of nitro benzene ring substituents is 1. The summed E-state index contributed by atoms with van der Waals surface area (Å²) in [5, 5.41) is 13.1. The van der Waals surface area contributed by atoms with Gasteiger partial charge in [0.05, 0.1) is 22.6 Å². The Balaban J connectivity index is 1.89. The Bertz CT molecular complexity index is 1050. The number of rotatable bonds is 4. The number of nitrogens with one attached hydrogen (secondary N) is 1. The summed E-state index contributed by atoms with van der Waals surface area (Å²) in [4.78, 5) is 22.5. The third kappa shape index (κ3) is 3.61. The molecule has 1 amide bonds. The van der Waals surface area contributed by atoms with Crippen molar-refractivity contribution in [1.82, 2.24) is 0 Å². The zero-order valence-electron chi connectivity index (χ0n) is 14.5. The highest BCUT2D eigenvalue weighted by molar-refractivity contribution is 7.92. The molecule has 142 valence electrons. The van der Waals surface area contributed by atoms with Crippen molar-refractivity contribution in [1.29, 1.82) is 0 Å². The fourth-order valence-electron chi connectivity index (χ4n) is 3.17. The van der Waals surface area contributed by atoms with E-state index in [2.05, 4.69) is 5.32 Å². The molecule has 0 fully saturated rings. The first-order chi connectivity index (χ1) is 12.6. The molecule has 1 heterocycles. The highest BCUT2D eigenvalue weighted by atomic mass is 32.2. The van der Waals surface area contributed by atoms with Gasteiger partial charge in [-0.15, -0.1) is 0 Å². The zero-order chi connectivity index (χ0) is 19.9. The smallest absolute Gasteiger partial charge is 0.271 e. The lowest BCUT2D eigenvalue weighted by atomic mass is 10.1. The molecule has 27 heavy (non-hydrogen) atoms. The number of sulfonamides is 1. The molecule has 0 saturated carbocycles. The fraction of sp³-hybridized carbons (Fsp3) is 0.235. The third-order valence-electron chi connectivity index (χ3n) is 4.26. The number of halogens is 1. The second-order valence-corrected chi connectivity index (χ2v) is 8.19. The van der Waals surface area contributed by atoms with Crippen LogP contribution in [0.2, 0.25) is 0 Å². The summed E-state index contributed by atoms with van der Waals surface area (Å²) < 4.78 is 39.0. The van der Waals surface area contributed by atoms with E-state index < -0.39 is 26.7 Å². The van der Waals surface area contributed by atoms with Gasteiger partial charge in [-0.1, -0.05) is 0 Å². The molecule has 0 saturated heterocycles. The van der Waals surface area contributed by atoms with Crippen LogP contribution < -0.4 is 9.62 Å². The molecule has 0 bridgehead atoms. The summed E-state index contributed by atoms with van der Waals surface area (Å²) in [6, 6.07) is 7.07. The second-order valence-electron chi connectivity index (χ2n) is 6.33.